The Kier molecular flexibility index (Phi) is 2.18. The van der Waals surface area contributed by atoms with E-state index in [0.717, 1.165) is 12.1 Å². The summed E-state index contributed by atoms with van der Waals surface area (Å²) in [5, 5.41) is 8.84. The van der Waals surface area contributed by atoms with Gasteiger partial charge in [0.2, 0.25) is 5.91 Å². The van der Waals surface area contributed by atoms with Crippen molar-refractivity contribution in [1.29, 1.82) is 0 Å². The number of hydrogen-bond donors (Lipinski definition) is 1. The first-order chi connectivity index (χ1) is 8.18. The van der Waals surface area contributed by atoms with Gasteiger partial charge >= 0.3 is 5.97 Å². The molecule has 1 heterocycles. The van der Waals surface area contributed by atoms with Crippen molar-refractivity contribution in [2.75, 3.05) is 11.4 Å². The minimum atomic E-state index is -0.851. The standard InChI is InChI=1S/C13H13NO3/c15-12(9-7-10(9)13(16)17)14-6-5-8-3-1-2-4-11(8)14/h1-4,9-10H,5-7H2,(H,16,17)/t9-,10-/m1/s1. The lowest BCUT2D eigenvalue weighted by Gasteiger charge is -2.16. The Morgan fingerprint density at radius 3 is 2.71 bits per heavy atom. The maximum Gasteiger partial charge on any atom is 0.307 e. The number of benzene rings is 1. The van der Waals surface area contributed by atoms with E-state index in [1.807, 2.05) is 24.3 Å². The first-order valence-corrected chi connectivity index (χ1v) is 5.80. The van der Waals surface area contributed by atoms with Crippen molar-refractivity contribution in [3.05, 3.63) is 29.8 Å². The van der Waals surface area contributed by atoms with Crippen molar-refractivity contribution in [3.8, 4) is 0 Å². The average Bonchev–Trinajstić information content (AvgIpc) is 3.02. The molecule has 1 saturated carbocycles. The van der Waals surface area contributed by atoms with Crippen molar-refractivity contribution in [2.24, 2.45) is 11.8 Å². The van der Waals surface area contributed by atoms with E-state index in [1.165, 1.54) is 5.56 Å². The van der Waals surface area contributed by atoms with Crippen LogP contribution in [0.15, 0.2) is 24.3 Å². The van der Waals surface area contributed by atoms with Gasteiger partial charge in [-0.1, -0.05) is 18.2 Å². The second kappa shape index (κ2) is 3.58. The van der Waals surface area contributed by atoms with Crippen LogP contribution in [0.4, 0.5) is 5.69 Å². The number of anilines is 1. The maximum atomic E-state index is 12.1. The molecule has 1 amide bonds. The highest BCUT2D eigenvalue weighted by molar-refractivity contribution is 6.01. The van der Waals surface area contributed by atoms with E-state index in [1.54, 1.807) is 4.90 Å². The lowest BCUT2D eigenvalue weighted by molar-refractivity contribution is -0.140. The van der Waals surface area contributed by atoms with Crippen LogP contribution in [0.2, 0.25) is 0 Å². The number of rotatable bonds is 2. The molecule has 4 heteroatoms. The third kappa shape index (κ3) is 1.60. The third-order valence-corrected chi connectivity index (χ3v) is 3.58. The van der Waals surface area contributed by atoms with Crippen LogP contribution in [0.3, 0.4) is 0 Å². The number of carbonyl (C=O) groups excluding carboxylic acids is 1. The lowest BCUT2D eigenvalue weighted by Crippen LogP contribution is -2.31. The second-order valence-electron chi connectivity index (χ2n) is 4.66. The molecule has 0 aromatic heterocycles. The number of carbonyl (C=O) groups is 2. The molecule has 0 bridgehead atoms. The Labute approximate surface area is 98.9 Å². The Morgan fingerprint density at radius 1 is 1.24 bits per heavy atom. The van der Waals surface area contributed by atoms with Gasteiger partial charge in [-0.3, -0.25) is 9.59 Å². The summed E-state index contributed by atoms with van der Waals surface area (Å²) in [5.74, 6) is -1.65. The quantitative estimate of drug-likeness (QED) is 0.834. The summed E-state index contributed by atoms with van der Waals surface area (Å²) in [7, 11) is 0. The number of fused-ring (bicyclic) bond motifs is 1. The van der Waals surface area contributed by atoms with Gasteiger partial charge in [0.05, 0.1) is 11.8 Å². The van der Waals surface area contributed by atoms with Crippen LogP contribution in [0.1, 0.15) is 12.0 Å². The van der Waals surface area contributed by atoms with Crippen LogP contribution in [0.5, 0.6) is 0 Å². The van der Waals surface area contributed by atoms with Crippen molar-refractivity contribution in [2.45, 2.75) is 12.8 Å². The van der Waals surface area contributed by atoms with Crippen LogP contribution in [-0.4, -0.2) is 23.5 Å². The summed E-state index contributed by atoms with van der Waals surface area (Å²) in [6.45, 7) is 0.682. The van der Waals surface area contributed by atoms with Crippen molar-refractivity contribution < 1.29 is 14.7 Å². The average molecular weight is 231 g/mol. The first-order valence-electron chi connectivity index (χ1n) is 5.80. The summed E-state index contributed by atoms with van der Waals surface area (Å²) in [6, 6.07) is 7.82. The van der Waals surface area contributed by atoms with Gasteiger partial charge in [0.15, 0.2) is 0 Å². The molecular weight excluding hydrogens is 218 g/mol. The normalized spacial score (nSPS) is 25.5. The summed E-state index contributed by atoms with van der Waals surface area (Å²) in [5.41, 5.74) is 2.13. The highest BCUT2D eigenvalue weighted by Gasteiger charge is 2.50. The third-order valence-electron chi connectivity index (χ3n) is 3.58. The van der Waals surface area contributed by atoms with Crippen molar-refractivity contribution in [1.82, 2.24) is 0 Å². The number of amides is 1. The zero-order chi connectivity index (χ0) is 12.0. The fourth-order valence-corrected chi connectivity index (χ4v) is 2.51. The molecule has 88 valence electrons. The molecular formula is C13H13NO3. The molecule has 17 heavy (non-hydrogen) atoms. The Hall–Kier alpha value is -1.84. The molecule has 1 aliphatic carbocycles. The molecule has 4 nitrogen and oxygen atoms in total. The number of nitrogens with zero attached hydrogens (tertiary/aromatic N) is 1. The monoisotopic (exact) mass is 231 g/mol. The van der Waals surface area contributed by atoms with Crippen LogP contribution >= 0.6 is 0 Å². The Bertz CT molecular complexity index is 497. The Balaban J connectivity index is 1.79. The fraction of sp³-hybridized carbons (Fsp3) is 0.385. The van der Waals surface area contributed by atoms with Crippen LogP contribution < -0.4 is 4.90 Å². The Morgan fingerprint density at radius 2 is 2.00 bits per heavy atom. The van der Waals surface area contributed by atoms with Gasteiger partial charge in [0.25, 0.3) is 0 Å². The van der Waals surface area contributed by atoms with E-state index in [0.29, 0.717) is 13.0 Å². The molecule has 2 aliphatic rings. The maximum absolute atomic E-state index is 12.1. The van der Waals surface area contributed by atoms with Gasteiger partial charge in [-0.15, -0.1) is 0 Å². The van der Waals surface area contributed by atoms with E-state index in [2.05, 4.69) is 0 Å². The molecule has 0 unspecified atom stereocenters. The molecule has 0 spiro atoms. The summed E-state index contributed by atoms with van der Waals surface area (Å²) in [4.78, 5) is 24.7. The topological polar surface area (TPSA) is 57.6 Å². The number of hydrogen-bond acceptors (Lipinski definition) is 2. The highest BCUT2D eigenvalue weighted by Crippen LogP contribution is 2.42. The van der Waals surface area contributed by atoms with Crippen molar-refractivity contribution in [3.63, 3.8) is 0 Å². The van der Waals surface area contributed by atoms with Crippen LogP contribution in [-0.2, 0) is 16.0 Å². The molecule has 1 N–H and O–H groups in total. The molecule has 0 saturated heterocycles. The predicted octanol–water partition coefficient (Wildman–Crippen LogP) is 1.30. The van der Waals surface area contributed by atoms with Gasteiger partial charge in [-0.05, 0) is 24.5 Å². The van der Waals surface area contributed by atoms with Crippen molar-refractivity contribution >= 4 is 17.6 Å². The minimum Gasteiger partial charge on any atom is -0.481 e. The summed E-state index contributed by atoms with van der Waals surface area (Å²) >= 11 is 0. The zero-order valence-corrected chi connectivity index (χ0v) is 9.30. The van der Waals surface area contributed by atoms with E-state index in [-0.39, 0.29) is 11.8 Å². The molecule has 1 aliphatic heterocycles. The number of para-hydroxylation sites is 1. The second-order valence-corrected chi connectivity index (χ2v) is 4.66. The first kappa shape index (κ1) is 10.3. The summed E-state index contributed by atoms with van der Waals surface area (Å²) < 4.78 is 0. The molecule has 1 fully saturated rings. The number of carboxylic acid groups (broad SMARTS) is 1. The van der Waals surface area contributed by atoms with Crippen LogP contribution in [0.25, 0.3) is 0 Å². The van der Waals surface area contributed by atoms with E-state index < -0.39 is 11.9 Å². The summed E-state index contributed by atoms with van der Waals surface area (Å²) in [6.07, 6.45) is 1.36. The highest BCUT2D eigenvalue weighted by atomic mass is 16.4. The molecule has 1 aromatic carbocycles. The molecule has 2 atom stereocenters. The largest absolute Gasteiger partial charge is 0.481 e. The van der Waals surface area contributed by atoms with Gasteiger partial charge < -0.3 is 10.0 Å². The molecule has 1 aromatic rings. The van der Waals surface area contributed by atoms with Gasteiger partial charge in [-0.25, -0.2) is 0 Å². The van der Waals surface area contributed by atoms with Gasteiger partial charge in [-0.2, -0.15) is 0 Å². The lowest BCUT2D eigenvalue weighted by atomic mass is 10.2. The van der Waals surface area contributed by atoms with E-state index in [9.17, 15) is 9.59 Å². The zero-order valence-electron chi connectivity index (χ0n) is 9.30. The van der Waals surface area contributed by atoms with E-state index in [4.69, 9.17) is 5.11 Å². The SMILES string of the molecule is O=C(O)[C@@H]1C[C@H]1C(=O)N1CCc2ccccc21. The smallest absolute Gasteiger partial charge is 0.307 e. The van der Waals surface area contributed by atoms with E-state index >= 15 is 0 Å². The number of carboxylic acids is 1. The minimum absolute atomic E-state index is 0.0256. The van der Waals surface area contributed by atoms with Crippen LogP contribution in [0, 0.1) is 11.8 Å². The number of aliphatic carboxylic acids is 1. The molecule has 0 radical (unpaired) electrons. The van der Waals surface area contributed by atoms with Gasteiger partial charge in [0.1, 0.15) is 0 Å². The molecule has 3 rings (SSSR count). The van der Waals surface area contributed by atoms with Gasteiger partial charge in [0, 0.05) is 12.2 Å². The fourth-order valence-electron chi connectivity index (χ4n) is 2.51. The predicted molar refractivity (Wildman–Crippen MR) is 61.7 cm³/mol.